The van der Waals surface area contributed by atoms with Gasteiger partial charge < -0.3 is 5.73 Å². The highest BCUT2D eigenvalue weighted by Gasteiger charge is 2.18. The monoisotopic (exact) mass is 307 g/mol. The summed E-state index contributed by atoms with van der Waals surface area (Å²) in [7, 11) is 0. The van der Waals surface area contributed by atoms with Crippen molar-refractivity contribution in [3.05, 3.63) is 46.6 Å². The first-order valence-corrected chi connectivity index (χ1v) is 7.00. The van der Waals surface area contributed by atoms with Crippen molar-refractivity contribution in [3.8, 4) is 16.4 Å². The maximum absolute atomic E-state index is 13.5. The Hall–Kier alpha value is -2.19. The lowest BCUT2D eigenvalue weighted by Gasteiger charge is -2.05. The number of halogens is 2. The number of benzene rings is 1. The minimum atomic E-state index is -0.932. The number of rotatable bonds is 3. The van der Waals surface area contributed by atoms with Gasteiger partial charge in [-0.2, -0.15) is 4.68 Å². The maximum atomic E-state index is 13.5. The van der Waals surface area contributed by atoms with Crippen LogP contribution in [0.4, 0.5) is 8.78 Å². The van der Waals surface area contributed by atoms with Crippen LogP contribution in [0.5, 0.6) is 0 Å². The second-order valence-corrected chi connectivity index (χ2v) is 5.24. The Morgan fingerprint density at radius 1 is 1.29 bits per heavy atom. The third kappa shape index (κ3) is 2.43. The van der Waals surface area contributed by atoms with Crippen molar-refractivity contribution < 1.29 is 8.78 Å². The predicted octanol–water partition coefficient (Wildman–Crippen LogP) is 2.44. The number of nitrogens with zero attached hydrogens (tertiary/aromatic N) is 4. The molecule has 3 aromatic rings. The van der Waals surface area contributed by atoms with Crippen molar-refractivity contribution >= 4 is 11.3 Å². The number of aryl methyl sites for hydroxylation is 1. The van der Waals surface area contributed by atoms with E-state index in [1.807, 2.05) is 12.3 Å². The summed E-state index contributed by atoms with van der Waals surface area (Å²) in [5.41, 5.74) is 7.96. The van der Waals surface area contributed by atoms with Crippen molar-refractivity contribution in [2.24, 2.45) is 5.73 Å². The number of hydrogen-bond acceptors (Lipinski definition) is 5. The summed E-state index contributed by atoms with van der Waals surface area (Å²) in [5, 5.41) is 10.5. The van der Waals surface area contributed by atoms with Gasteiger partial charge in [-0.1, -0.05) is 5.21 Å². The molecule has 1 aromatic carbocycles. The van der Waals surface area contributed by atoms with Crippen LogP contribution < -0.4 is 5.73 Å². The molecule has 5 nitrogen and oxygen atoms in total. The van der Waals surface area contributed by atoms with Gasteiger partial charge in [0, 0.05) is 17.5 Å². The van der Waals surface area contributed by atoms with Crippen LogP contribution in [0.3, 0.4) is 0 Å². The van der Waals surface area contributed by atoms with Crippen molar-refractivity contribution in [2.45, 2.75) is 13.5 Å². The van der Waals surface area contributed by atoms with E-state index in [0.717, 1.165) is 17.8 Å². The molecule has 0 radical (unpaired) electrons. The molecule has 2 heterocycles. The summed E-state index contributed by atoms with van der Waals surface area (Å²) in [6, 6.07) is 3.63. The largest absolute Gasteiger partial charge is 0.325 e. The quantitative estimate of drug-likeness (QED) is 0.807. The lowest BCUT2D eigenvalue weighted by Crippen LogP contribution is -2.03. The first-order chi connectivity index (χ1) is 10.1. The van der Waals surface area contributed by atoms with E-state index in [-0.39, 0.29) is 6.54 Å². The van der Waals surface area contributed by atoms with Crippen LogP contribution in [-0.2, 0) is 6.54 Å². The normalized spacial score (nSPS) is 11.0. The minimum absolute atomic E-state index is 0.138. The van der Waals surface area contributed by atoms with Crippen LogP contribution in [0.15, 0.2) is 23.6 Å². The summed E-state index contributed by atoms with van der Waals surface area (Å²) in [5.74, 6) is -1.84. The number of hydrogen-bond donors (Lipinski definition) is 1. The Labute approximate surface area is 123 Å². The van der Waals surface area contributed by atoms with Crippen LogP contribution in [-0.4, -0.2) is 20.0 Å². The second kappa shape index (κ2) is 5.30. The van der Waals surface area contributed by atoms with Crippen LogP contribution in [0.1, 0.15) is 11.4 Å². The summed E-state index contributed by atoms with van der Waals surface area (Å²) < 4.78 is 28.1. The van der Waals surface area contributed by atoms with E-state index in [9.17, 15) is 8.78 Å². The smallest absolute Gasteiger partial charge is 0.212 e. The molecule has 108 valence electrons. The van der Waals surface area contributed by atoms with E-state index in [1.165, 1.54) is 22.1 Å². The van der Waals surface area contributed by atoms with Crippen LogP contribution in [0, 0.1) is 18.6 Å². The molecule has 0 aliphatic carbocycles. The fourth-order valence-electron chi connectivity index (χ4n) is 1.96. The van der Waals surface area contributed by atoms with Gasteiger partial charge in [0.25, 0.3) is 0 Å². The van der Waals surface area contributed by atoms with Crippen molar-refractivity contribution in [3.63, 3.8) is 0 Å². The summed E-state index contributed by atoms with van der Waals surface area (Å²) in [4.78, 5) is 4.33. The highest BCUT2D eigenvalue weighted by molar-refractivity contribution is 7.12. The molecule has 0 bridgehead atoms. The Morgan fingerprint density at radius 3 is 2.71 bits per heavy atom. The molecule has 0 spiro atoms. The van der Waals surface area contributed by atoms with E-state index < -0.39 is 11.6 Å². The number of aromatic nitrogens is 4. The average molecular weight is 307 g/mol. The first kappa shape index (κ1) is 13.8. The van der Waals surface area contributed by atoms with E-state index in [4.69, 9.17) is 5.73 Å². The van der Waals surface area contributed by atoms with Gasteiger partial charge in [-0.05, 0) is 25.1 Å². The predicted molar refractivity (Wildman–Crippen MR) is 75.0 cm³/mol. The van der Waals surface area contributed by atoms with Crippen LogP contribution >= 0.6 is 11.3 Å². The summed E-state index contributed by atoms with van der Waals surface area (Å²) in [6.45, 7) is 2.00. The maximum Gasteiger partial charge on any atom is 0.212 e. The van der Waals surface area contributed by atoms with E-state index in [0.29, 0.717) is 22.1 Å². The minimum Gasteiger partial charge on any atom is -0.325 e. The Bertz CT molecular complexity index is 796. The third-order valence-electron chi connectivity index (χ3n) is 2.91. The van der Waals surface area contributed by atoms with Gasteiger partial charge in [0.2, 0.25) is 5.13 Å². The summed E-state index contributed by atoms with van der Waals surface area (Å²) >= 11 is 1.38. The van der Waals surface area contributed by atoms with Crippen molar-refractivity contribution in [2.75, 3.05) is 0 Å². The lowest BCUT2D eigenvalue weighted by atomic mass is 10.1. The highest BCUT2D eigenvalue weighted by Crippen LogP contribution is 2.27. The molecule has 0 aliphatic heterocycles. The van der Waals surface area contributed by atoms with Crippen molar-refractivity contribution in [1.29, 1.82) is 0 Å². The topological polar surface area (TPSA) is 69.6 Å². The molecule has 0 saturated heterocycles. The molecule has 2 N–H and O–H groups in total. The molecule has 3 rings (SSSR count). The van der Waals surface area contributed by atoms with E-state index in [2.05, 4.69) is 15.3 Å². The lowest BCUT2D eigenvalue weighted by molar-refractivity contribution is 0.509. The van der Waals surface area contributed by atoms with Gasteiger partial charge in [-0.3, -0.25) is 0 Å². The van der Waals surface area contributed by atoms with Gasteiger partial charge in [0.1, 0.15) is 11.4 Å². The molecule has 2 aromatic heterocycles. The number of nitrogens with two attached hydrogens (primary N) is 1. The zero-order chi connectivity index (χ0) is 15.0. The molecule has 0 atom stereocenters. The fraction of sp³-hybridized carbons (Fsp3) is 0.154. The molecular formula is C13H11F2N5S. The Morgan fingerprint density at radius 2 is 2.10 bits per heavy atom. The third-order valence-corrected chi connectivity index (χ3v) is 3.85. The van der Waals surface area contributed by atoms with Crippen LogP contribution in [0.25, 0.3) is 16.4 Å². The summed E-state index contributed by atoms with van der Waals surface area (Å²) in [6.07, 6.45) is 0. The second-order valence-electron chi connectivity index (χ2n) is 4.40. The Kier molecular flexibility index (Phi) is 3.48. The fourth-order valence-corrected chi connectivity index (χ4v) is 2.71. The van der Waals surface area contributed by atoms with Crippen molar-refractivity contribution in [1.82, 2.24) is 20.0 Å². The van der Waals surface area contributed by atoms with E-state index in [1.54, 1.807) is 0 Å². The SMILES string of the molecule is Cc1csc(-n2nnc(CN)c2-c2ccc(F)c(F)c2)n1. The van der Waals surface area contributed by atoms with Gasteiger partial charge in [-0.25, -0.2) is 13.8 Å². The molecule has 0 unspecified atom stereocenters. The van der Waals surface area contributed by atoms with Gasteiger partial charge in [0.05, 0.1) is 5.69 Å². The van der Waals surface area contributed by atoms with Gasteiger partial charge in [-0.15, -0.1) is 16.4 Å². The highest BCUT2D eigenvalue weighted by atomic mass is 32.1. The first-order valence-electron chi connectivity index (χ1n) is 6.12. The molecular weight excluding hydrogens is 296 g/mol. The molecule has 21 heavy (non-hydrogen) atoms. The van der Waals surface area contributed by atoms with E-state index >= 15 is 0 Å². The van der Waals surface area contributed by atoms with Gasteiger partial charge >= 0.3 is 0 Å². The van der Waals surface area contributed by atoms with Crippen LogP contribution in [0.2, 0.25) is 0 Å². The zero-order valence-corrected chi connectivity index (χ0v) is 11.9. The molecule has 0 fully saturated rings. The molecule has 8 heteroatoms. The Balaban J connectivity index is 2.20. The molecule has 0 saturated carbocycles. The zero-order valence-electron chi connectivity index (χ0n) is 11.0. The standard InChI is InChI=1S/C13H11F2N5S/c1-7-6-21-13(17-7)20-12(11(5-16)18-19-20)8-2-3-9(14)10(15)4-8/h2-4,6H,5,16H2,1H3. The van der Waals surface area contributed by atoms with Gasteiger partial charge in [0.15, 0.2) is 11.6 Å². The average Bonchev–Trinajstić information content (AvgIpc) is 3.07. The molecule has 0 amide bonds. The number of thiazole rings is 1. The molecule has 0 aliphatic rings.